The third-order valence-electron chi connectivity index (χ3n) is 7.54. The van der Waals surface area contributed by atoms with Gasteiger partial charge in [0.15, 0.2) is 0 Å². The molecule has 1 fully saturated rings. The summed E-state index contributed by atoms with van der Waals surface area (Å²) < 4.78 is 48.1. The number of hydrogen-bond donors (Lipinski definition) is 1. The molecule has 236 valence electrons. The maximum Gasteiger partial charge on any atom is 0.264 e. The van der Waals surface area contributed by atoms with Crippen LogP contribution in [-0.4, -0.2) is 50.4 Å². The van der Waals surface area contributed by atoms with Gasteiger partial charge in [-0.1, -0.05) is 49.0 Å². The molecule has 12 heteroatoms. The van der Waals surface area contributed by atoms with E-state index < -0.39 is 34.3 Å². The van der Waals surface area contributed by atoms with E-state index in [0.717, 1.165) is 54.3 Å². The Morgan fingerprint density at radius 1 is 0.977 bits per heavy atom. The molecule has 1 saturated carbocycles. The normalized spacial score (nSPS) is 14.2. The second-order valence-corrected chi connectivity index (χ2v) is 13.3. The third kappa shape index (κ3) is 8.22. The molecular formula is C32H36Cl2FN3O5S. The van der Waals surface area contributed by atoms with Gasteiger partial charge < -0.3 is 15.0 Å². The summed E-state index contributed by atoms with van der Waals surface area (Å²) in [6.45, 7) is 3.41. The summed E-state index contributed by atoms with van der Waals surface area (Å²) >= 11 is 12.4. The van der Waals surface area contributed by atoms with Crippen molar-refractivity contribution in [1.82, 2.24) is 10.2 Å². The summed E-state index contributed by atoms with van der Waals surface area (Å²) in [6.07, 6.45) is 4.06. The molecule has 0 aliphatic heterocycles. The first kappa shape index (κ1) is 33.6. The Labute approximate surface area is 268 Å². The molecule has 1 atom stereocenters. The fourth-order valence-electron chi connectivity index (χ4n) is 5.26. The van der Waals surface area contributed by atoms with Crippen molar-refractivity contribution in [3.8, 4) is 5.75 Å². The maximum absolute atomic E-state index is 14.2. The zero-order valence-corrected chi connectivity index (χ0v) is 27.0. The van der Waals surface area contributed by atoms with E-state index in [-0.39, 0.29) is 34.1 Å². The lowest BCUT2D eigenvalue weighted by Crippen LogP contribution is -2.53. The second-order valence-electron chi connectivity index (χ2n) is 10.6. The molecule has 8 nitrogen and oxygen atoms in total. The van der Waals surface area contributed by atoms with Gasteiger partial charge in [0, 0.05) is 12.6 Å². The predicted octanol–water partition coefficient (Wildman–Crippen LogP) is 6.59. The van der Waals surface area contributed by atoms with Crippen LogP contribution in [0.15, 0.2) is 71.6 Å². The Balaban J connectivity index is 1.72. The van der Waals surface area contributed by atoms with Crippen molar-refractivity contribution in [3.05, 3.63) is 88.2 Å². The minimum Gasteiger partial charge on any atom is -0.494 e. The number of anilines is 1. The molecule has 1 aliphatic rings. The Morgan fingerprint density at radius 2 is 1.64 bits per heavy atom. The number of amides is 2. The standard InChI is InChI=1S/C32H36Cl2FN3O5S/c1-3-30(32(40)36-24-7-5-6-8-24)37(20-22-9-18-28(33)29(34)19-22)31(39)21-38(25-12-14-26(15-13-25)43-4-2)44(41,42)27-16-10-23(35)11-17-27/h9-19,24,30H,3-8,20-21H2,1-2H3,(H,36,40)/t30-/m1/s1. The highest BCUT2D eigenvalue weighted by atomic mass is 35.5. The number of ether oxygens (including phenoxy) is 1. The van der Waals surface area contributed by atoms with Crippen LogP contribution in [0.1, 0.15) is 51.5 Å². The molecule has 1 N–H and O–H groups in total. The van der Waals surface area contributed by atoms with Gasteiger partial charge >= 0.3 is 0 Å². The lowest BCUT2D eigenvalue weighted by molar-refractivity contribution is -0.140. The number of carbonyl (C=O) groups excluding carboxylic acids is 2. The molecule has 2 amide bonds. The molecule has 0 radical (unpaired) electrons. The van der Waals surface area contributed by atoms with Gasteiger partial charge in [-0.2, -0.15) is 0 Å². The average Bonchev–Trinajstić information content (AvgIpc) is 3.51. The van der Waals surface area contributed by atoms with E-state index in [4.69, 9.17) is 27.9 Å². The minimum atomic E-state index is -4.34. The van der Waals surface area contributed by atoms with Gasteiger partial charge in [-0.15, -0.1) is 0 Å². The Bertz CT molecular complexity index is 1550. The van der Waals surface area contributed by atoms with Crippen LogP contribution >= 0.6 is 23.2 Å². The lowest BCUT2D eigenvalue weighted by Gasteiger charge is -2.34. The first-order valence-electron chi connectivity index (χ1n) is 14.6. The zero-order chi connectivity index (χ0) is 31.9. The monoisotopic (exact) mass is 663 g/mol. The van der Waals surface area contributed by atoms with Crippen LogP contribution in [0.3, 0.4) is 0 Å². The molecular weight excluding hydrogens is 628 g/mol. The van der Waals surface area contributed by atoms with Crippen molar-refractivity contribution in [2.45, 2.75) is 69.5 Å². The van der Waals surface area contributed by atoms with Crippen molar-refractivity contribution in [2.75, 3.05) is 17.5 Å². The number of halogens is 3. The van der Waals surface area contributed by atoms with Gasteiger partial charge in [-0.05, 0) is 92.4 Å². The minimum absolute atomic E-state index is 0.0139. The fraction of sp³-hybridized carbons (Fsp3) is 0.375. The number of sulfonamides is 1. The highest BCUT2D eigenvalue weighted by Gasteiger charge is 2.34. The van der Waals surface area contributed by atoms with E-state index in [9.17, 15) is 22.4 Å². The topological polar surface area (TPSA) is 96.0 Å². The Kier molecular flexibility index (Phi) is 11.5. The molecule has 1 aliphatic carbocycles. The molecule has 44 heavy (non-hydrogen) atoms. The van der Waals surface area contributed by atoms with E-state index >= 15 is 0 Å². The van der Waals surface area contributed by atoms with Crippen molar-refractivity contribution in [2.24, 2.45) is 0 Å². The first-order chi connectivity index (χ1) is 21.0. The summed E-state index contributed by atoms with van der Waals surface area (Å²) in [6, 6.07) is 14.7. The van der Waals surface area contributed by atoms with Crippen LogP contribution in [0.5, 0.6) is 5.75 Å². The van der Waals surface area contributed by atoms with Crippen LogP contribution < -0.4 is 14.4 Å². The molecule has 0 heterocycles. The number of carbonyl (C=O) groups is 2. The number of nitrogens with one attached hydrogen (secondary N) is 1. The number of benzene rings is 3. The third-order valence-corrected chi connectivity index (χ3v) is 10.1. The van der Waals surface area contributed by atoms with Crippen LogP contribution in [0.2, 0.25) is 10.0 Å². The Morgan fingerprint density at radius 3 is 2.23 bits per heavy atom. The molecule has 3 aromatic carbocycles. The van der Waals surface area contributed by atoms with Crippen molar-refractivity contribution in [1.29, 1.82) is 0 Å². The molecule has 3 aromatic rings. The molecule has 0 unspecified atom stereocenters. The van der Waals surface area contributed by atoms with Gasteiger partial charge in [-0.3, -0.25) is 13.9 Å². The largest absolute Gasteiger partial charge is 0.494 e. The van der Waals surface area contributed by atoms with Crippen LogP contribution in [0.4, 0.5) is 10.1 Å². The quantitative estimate of drug-likeness (QED) is 0.223. The summed E-state index contributed by atoms with van der Waals surface area (Å²) in [5.74, 6) is -0.983. The smallest absolute Gasteiger partial charge is 0.264 e. The maximum atomic E-state index is 14.2. The van der Waals surface area contributed by atoms with Crippen molar-refractivity contribution >= 4 is 50.7 Å². The zero-order valence-electron chi connectivity index (χ0n) is 24.6. The van der Waals surface area contributed by atoms with E-state index in [0.29, 0.717) is 29.4 Å². The van der Waals surface area contributed by atoms with E-state index in [1.54, 1.807) is 37.3 Å². The SMILES string of the molecule is CCOc1ccc(N(CC(=O)N(Cc2ccc(Cl)c(Cl)c2)[C@H](CC)C(=O)NC2CCCC2)S(=O)(=O)c2ccc(F)cc2)cc1. The number of hydrogen-bond acceptors (Lipinski definition) is 5. The van der Waals surface area contributed by atoms with Crippen LogP contribution in [0, 0.1) is 5.82 Å². The summed E-state index contributed by atoms with van der Waals surface area (Å²) in [5.41, 5.74) is 0.818. The van der Waals surface area contributed by atoms with Gasteiger partial charge in [0.05, 0.1) is 27.2 Å². The average molecular weight is 665 g/mol. The predicted molar refractivity (Wildman–Crippen MR) is 170 cm³/mol. The van der Waals surface area contributed by atoms with Crippen molar-refractivity contribution in [3.63, 3.8) is 0 Å². The highest BCUT2D eigenvalue weighted by Crippen LogP contribution is 2.28. The van der Waals surface area contributed by atoms with Crippen LogP contribution in [-0.2, 0) is 26.2 Å². The van der Waals surface area contributed by atoms with Crippen LogP contribution in [0.25, 0.3) is 0 Å². The molecule has 0 aromatic heterocycles. The summed E-state index contributed by atoms with van der Waals surface area (Å²) in [4.78, 5) is 29.0. The second kappa shape index (κ2) is 15.1. The van der Waals surface area contributed by atoms with Gasteiger partial charge in [-0.25, -0.2) is 12.8 Å². The van der Waals surface area contributed by atoms with Crippen molar-refractivity contribution < 1.29 is 27.1 Å². The summed E-state index contributed by atoms with van der Waals surface area (Å²) in [5, 5.41) is 3.70. The lowest BCUT2D eigenvalue weighted by atomic mass is 10.1. The van der Waals surface area contributed by atoms with E-state index in [1.807, 2.05) is 6.92 Å². The molecule has 4 rings (SSSR count). The summed E-state index contributed by atoms with van der Waals surface area (Å²) in [7, 11) is -4.34. The van der Waals surface area contributed by atoms with E-state index in [1.165, 1.54) is 17.0 Å². The fourth-order valence-corrected chi connectivity index (χ4v) is 6.99. The van der Waals surface area contributed by atoms with E-state index in [2.05, 4.69) is 5.32 Å². The van der Waals surface area contributed by atoms with Gasteiger partial charge in [0.1, 0.15) is 24.2 Å². The number of nitrogens with zero attached hydrogens (tertiary/aromatic N) is 2. The number of rotatable bonds is 13. The molecule has 0 bridgehead atoms. The highest BCUT2D eigenvalue weighted by molar-refractivity contribution is 7.92. The molecule has 0 saturated heterocycles. The van der Waals surface area contributed by atoms with Gasteiger partial charge in [0.25, 0.3) is 10.0 Å². The van der Waals surface area contributed by atoms with Gasteiger partial charge in [0.2, 0.25) is 11.8 Å². The Hall–Kier alpha value is -3.34. The molecule has 0 spiro atoms. The first-order valence-corrected chi connectivity index (χ1v) is 16.8.